The van der Waals surface area contributed by atoms with Crippen LogP contribution in [-0.4, -0.2) is 13.3 Å². The van der Waals surface area contributed by atoms with Crippen molar-refractivity contribution in [1.82, 2.24) is 0 Å². The summed E-state index contributed by atoms with van der Waals surface area (Å²) in [5.41, 5.74) is 2.93. The van der Waals surface area contributed by atoms with Crippen LogP contribution in [0.2, 0.25) is 0 Å². The molecule has 4 heteroatoms. The molecular weight excluding hydrogens is 328 g/mol. The fraction of sp³-hybridized carbons (Fsp3) is 0.238. The second kappa shape index (κ2) is 6.70. The summed E-state index contributed by atoms with van der Waals surface area (Å²) < 4.78 is 5.53. The molecule has 25 heavy (non-hydrogen) atoms. The van der Waals surface area contributed by atoms with Gasteiger partial charge < -0.3 is 4.74 Å². The highest BCUT2D eigenvalue weighted by Crippen LogP contribution is 2.39. The number of benzene rings is 2. The molecule has 0 radical (unpaired) electrons. The van der Waals surface area contributed by atoms with Crippen molar-refractivity contribution in [3.8, 4) is 11.8 Å². The highest BCUT2D eigenvalue weighted by atomic mass is 32.1. The minimum absolute atomic E-state index is 0.759. The number of aryl methyl sites for hydroxylation is 1. The number of methoxy groups -OCH3 is 1. The van der Waals surface area contributed by atoms with Crippen LogP contribution in [0.3, 0.4) is 0 Å². The van der Waals surface area contributed by atoms with E-state index >= 15 is 0 Å². The Balaban J connectivity index is 1.82. The molecule has 0 unspecified atom stereocenters. The van der Waals surface area contributed by atoms with Gasteiger partial charge in [0.15, 0.2) is 0 Å². The van der Waals surface area contributed by atoms with E-state index in [4.69, 9.17) is 9.73 Å². The lowest BCUT2D eigenvalue weighted by Gasteiger charge is -2.09. The van der Waals surface area contributed by atoms with Gasteiger partial charge in [0.05, 0.1) is 12.7 Å². The quantitative estimate of drug-likeness (QED) is 0.595. The second-order valence-corrected chi connectivity index (χ2v) is 7.25. The van der Waals surface area contributed by atoms with Crippen LogP contribution in [0.5, 0.6) is 5.75 Å². The van der Waals surface area contributed by atoms with Crippen molar-refractivity contribution in [3.05, 3.63) is 58.0 Å². The summed E-state index contributed by atoms with van der Waals surface area (Å²) in [6.07, 6.45) is 6.29. The highest BCUT2D eigenvalue weighted by Gasteiger charge is 2.20. The number of nitrogens with zero attached hydrogens (tertiary/aromatic N) is 2. The van der Waals surface area contributed by atoms with E-state index in [1.807, 2.05) is 24.4 Å². The summed E-state index contributed by atoms with van der Waals surface area (Å²) >= 11 is 1.66. The Bertz CT molecular complexity index is 1010. The zero-order valence-corrected chi connectivity index (χ0v) is 14.9. The molecule has 1 aromatic heterocycles. The van der Waals surface area contributed by atoms with Gasteiger partial charge >= 0.3 is 0 Å². The molecule has 0 aliphatic heterocycles. The van der Waals surface area contributed by atoms with Gasteiger partial charge in [-0.25, -0.2) is 4.99 Å². The summed E-state index contributed by atoms with van der Waals surface area (Å²) in [6, 6.07) is 14.6. The number of nitriles is 1. The van der Waals surface area contributed by atoms with E-state index in [1.54, 1.807) is 18.4 Å². The summed E-state index contributed by atoms with van der Waals surface area (Å²) in [6.45, 7) is 0. The SMILES string of the molecule is COc1ccc2ccccc2c1C=Nc1sc2c(c1C#N)CCCC2. The number of hydrogen-bond donors (Lipinski definition) is 0. The van der Waals surface area contributed by atoms with E-state index in [-0.39, 0.29) is 0 Å². The molecule has 0 atom stereocenters. The molecule has 2 aromatic carbocycles. The summed E-state index contributed by atoms with van der Waals surface area (Å²) in [5.74, 6) is 0.794. The third kappa shape index (κ3) is 2.81. The Labute approximate surface area is 151 Å². The van der Waals surface area contributed by atoms with Gasteiger partial charge in [-0.2, -0.15) is 5.26 Å². The normalized spacial score (nSPS) is 13.8. The fourth-order valence-electron chi connectivity index (χ4n) is 3.47. The van der Waals surface area contributed by atoms with Gasteiger partial charge in [-0.1, -0.05) is 30.3 Å². The predicted molar refractivity (Wildman–Crippen MR) is 103 cm³/mol. The van der Waals surface area contributed by atoms with Crippen molar-refractivity contribution >= 4 is 33.3 Å². The van der Waals surface area contributed by atoms with Crippen molar-refractivity contribution in [1.29, 1.82) is 5.26 Å². The molecule has 0 bridgehead atoms. The minimum atomic E-state index is 0.759. The first-order chi connectivity index (χ1) is 12.3. The van der Waals surface area contributed by atoms with Crippen LogP contribution in [-0.2, 0) is 12.8 Å². The predicted octanol–water partition coefficient (Wildman–Crippen LogP) is 5.41. The van der Waals surface area contributed by atoms with Crippen molar-refractivity contribution in [2.24, 2.45) is 4.99 Å². The molecule has 3 nitrogen and oxygen atoms in total. The molecule has 0 saturated heterocycles. The van der Waals surface area contributed by atoms with Gasteiger partial charge in [-0.15, -0.1) is 11.3 Å². The van der Waals surface area contributed by atoms with Crippen LogP contribution >= 0.6 is 11.3 Å². The number of aliphatic imine (C=N–C) groups is 1. The second-order valence-electron chi connectivity index (χ2n) is 6.16. The average Bonchev–Trinajstić information content (AvgIpc) is 3.03. The Morgan fingerprint density at radius 1 is 1.16 bits per heavy atom. The summed E-state index contributed by atoms with van der Waals surface area (Å²) in [5, 5.41) is 12.7. The number of rotatable bonds is 3. The van der Waals surface area contributed by atoms with Crippen LogP contribution in [0.4, 0.5) is 5.00 Å². The molecule has 0 N–H and O–H groups in total. The molecule has 1 aliphatic carbocycles. The Morgan fingerprint density at radius 3 is 2.84 bits per heavy atom. The van der Waals surface area contributed by atoms with E-state index < -0.39 is 0 Å². The topological polar surface area (TPSA) is 45.4 Å². The number of fused-ring (bicyclic) bond motifs is 2. The van der Waals surface area contributed by atoms with Crippen LogP contribution in [0.15, 0.2) is 41.4 Å². The zero-order chi connectivity index (χ0) is 17.2. The molecule has 0 amide bonds. The fourth-order valence-corrected chi connectivity index (χ4v) is 4.65. The highest BCUT2D eigenvalue weighted by molar-refractivity contribution is 7.16. The molecule has 0 fully saturated rings. The first kappa shape index (κ1) is 15.9. The maximum atomic E-state index is 9.59. The first-order valence-electron chi connectivity index (χ1n) is 8.46. The van der Waals surface area contributed by atoms with Gasteiger partial charge in [0.25, 0.3) is 0 Å². The van der Waals surface area contributed by atoms with Crippen molar-refractivity contribution in [2.45, 2.75) is 25.7 Å². The Kier molecular flexibility index (Phi) is 4.25. The Morgan fingerprint density at radius 2 is 2.00 bits per heavy atom. The first-order valence-corrected chi connectivity index (χ1v) is 9.28. The van der Waals surface area contributed by atoms with Crippen molar-refractivity contribution in [3.63, 3.8) is 0 Å². The smallest absolute Gasteiger partial charge is 0.134 e. The number of thiophene rings is 1. The monoisotopic (exact) mass is 346 g/mol. The molecule has 1 aliphatic rings. The van der Waals surface area contributed by atoms with Crippen molar-refractivity contribution in [2.75, 3.05) is 7.11 Å². The van der Waals surface area contributed by atoms with Gasteiger partial charge in [0, 0.05) is 16.7 Å². The number of hydrogen-bond acceptors (Lipinski definition) is 4. The van der Waals surface area contributed by atoms with Crippen LogP contribution in [0.1, 0.15) is 34.4 Å². The third-order valence-electron chi connectivity index (χ3n) is 4.73. The van der Waals surface area contributed by atoms with Gasteiger partial charge in [-0.05, 0) is 48.1 Å². The molecule has 124 valence electrons. The van der Waals surface area contributed by atoms with E-state index in [0.29, 0.717) is 0 Å². The maximum absolute atomic E-state index is 9.59. The van der Waals surface area contributed by atoms with E-state index in [1.165, 1.54) is 23.3 Å². The summed E-state index contributed by atoms with van der Waals surface area (Å²) in [4.78, 5) is 6.04. The molecule has 1 heterocycles. The van der Waals surface area contributed by atoms with Crippen LogP contribution in [0.25, 0.3) is 10.8 Å². The molecule has 3 aromatic rings. The van der Waals surface area contributed by atoms with Gasteiger partial charge in [0.1, 0.15) is 16.8 Å². The molecule has 0 saturated carbocycles. The van der Waals surface area contributed by atoms with Crippen LogP contribution in [0, 0.1) is 11.3 Å². The standard InChI is InChI=1S/C21H18N2OS/c1-24-19-11-10-14-6-2-3-7-15(14)18(19)13-23-21-17(12-22)16-8-4-5-9-20(16)25-21/h2-3,6-7,10-11,13H,4-5,8-9H2,1H3. The molecular formula is C21H18N2OS. The van der Waals surface area contributed by atoms with Crippen molar-refractivity contribution < 1.29 is 4.74 Å². The summed E-state index contributed by atoms with van der Waals surface area (Å²) in [7, 11) is 1.67. The van der Waals surface area contributed by atoms with E-state index in [9.17, 15) is 5.26 Å². The molecule has 4 rings (SSSR count). The lowest BCUT2D eigenvalue weighted by molar-refractivity contribution is 0.415. The lowest BCUT2D eigenvalue weighted by atomic mass is 9.96. The average molecular weight is 346 g/mol. The molecule has 0 spiro atoms. The van der Waals surface area contributed by atoms with Gasteiger partial charge in [0.2, 0.25) is 0 Å². The van der Waals surface area contributed by atoms with E-state index in [2.05, 4.69) is 24.3 Å². The maximum Gasteiger partial charge on any atom is 0.134 e. The zero-order valence-electron chi connectivity index (χ0n) is 14.1. The Hall–Kier alpha value is -2.64. The minimum Gasteiger partial charge on any atom is -0.496 e. The largest absolute Gasteiger partial charge is 0.496 e. The lowest BCUT2D eigenvalue weighted by Crippen LogP contribution is -1.99. The number of ether oxygens (including phenoxy) is 1. The van der Waals surface area contributed by atoms with Crippen LogP contribution < -0.4 is 4.74 Å². The van der Waals surface area contributed by atoms with E-state index in [0.717, 1.165) is 45.5 Å². The van der Waals surface area contributed by atoms with Gasteiger partial charge in [-0.3, -0.25) is 0 Å². The third-order valence-corrected chi connectivity index (χ3v) is 5.93.